The number of amides is 1. The van der Waals surface area contributed by atoms with E-state index in [1.165, 1.54) is 0 Å². The summed E-state index contributed by atoms with van der Waals surface area (Å²) in [5, 5.41) is 0. The SMILES string of the molecule is CN(CC(N)=O)c1cc(N)nc(C(C)(C)C)n1. The van der Waals surface area contributed by atoms with E-state index >= 15 is 0 Å². The molecule has 0 saturated heterocycles. The second-order valence-electron chi connectivity index (χ2n) is 5.05. The van der Waals surface area contributed by atoms with Crippen molar-refractivity contribution in [3.05, 3.63) is 11.9 Å². The van der Waals surface area contributed by atoms with E-state index in [0.717, 1.165) is 0 Å². The molecule has 1 aromatic rings. The summed E-state index contributed by atoms with van der Waals surface area (Å²) in [5.74, 6) is 1.21. The summed E-state index contributed by atoms with van der Waals surface area (Å²) in [5.41, 5.74) is 10.7. The van der Waals surface area contributed by atoms with Crippen molar-refractivity contribution >= 4 is 17.5 Å². The van der Waals surface area contributed by atoms with Gasteiger partial charge in [0.15, 0.2) is 0 Å². The zero-order valence-electron chi connectivity index (χ0n) is 10.7. The number of nitrogens with two attached hydrogens (primary N) is 2. The predicted molar refractivity (Wildman–Crippen MR) is 67.6 cm³/mol. The Morgan fingerprint density at radius 2 is 2.00 bits per heavy atom. The fourth-order valence-corrected chi connectivity index (χ4v) is 1.30. The van der Waals surface area contributed by atoms with Crippen molar-refractivity contribution in [3.8, 4) is 0 Å². The molecule has 0 bridgehead atoms. The molecular formula is C11H19N5O. The molecule has 0 aliphatic carbocycles. The van der Waals surface area contributed by atoms with E-state index in [9.17, 15) is 4.79 Å². The van der Waals surface area contributed by atoms with E-state index in [-0.39, 0.29) is 12.0 Å². The van der Waals surface area contributed by atoms with Crippen molar-refractivity contribution in [2.45, 2.75) is 26.2 Å². The molecular weight excluding hydrogens is 218 g/mol. The summed E-state index contributed by atoms with van der Waals surface area (Å²) in [6.45, 7) is 6.10. The van der Waals surface area contributed by atoms with Crippen LogP contribution in [0.15, 0.2) is 6.07 Å². The molecule has 0 atom stereocenters. The minimum Gasteiger partial charge on any atom is -0.384 e. The van der Waals surface area contributed by atoms with Gasteiger partial charge in [-0.2, -0.15) is 0 Å². The zero-order chi connectivity index (χ0) is 13.2. The molecule has 0 spiro atoms. The fraction of sp³-hybridized carbons (Fsp3) is 0.545. The van der Waals surface area contributed by atoms with Crippen molar-refractivity contribution in [1.29, 1.82) is 0 Å². The maximum Gasteiger partial charge on any atom is 0.236 e. The lowest BCUT2D eigenvalue weighted by Crippen LogP contribution is -2.32. The van der Waals surface area contributed by atoms with Crippen LogP contribution in [0.3, 0.4) is 0 Å². The van der Waals surface area contributed by atoms with Gasteiger partial charge >= 0.3 is 0 Å². The van der Waals surface area contributed by atoms with E-state index in [4.69, 9.17) is 11.5 Å². The molecule has 4 N–H and O–H groups in total. The average Bonchev–Trinajstić information content (AvgIpc) is 2.14. The quantitative estimate of drug-likeness (QED) is 0.786. The summed E-state index contributed by atoms with van der Waals surface area (Å²) >= 11 is 0. The van der Waals surface area contributed by atoms with Crippen molar-refractivity contribution in [1.82, 2.24) is 9.97 Å². The molecule has 0 aliphatic heterocycles. The first-order chi connectivity index (χ1) is 7.70. The van der Waals surface area contributed by atoms with Crippen molar-refractivity contribution < 1.29 is 4.79 Å². The first-order valence-corrected chi connectivity index (χ1v) is 5.34. The largest absolute Gasteiger partial charge is 0.384 e. The molecule has 6 heteroatoms. The van der Waals surface area contributed by atoms with Crippen molar-refractivity contribution in [2.75, 3.05) is 24.2 Å². The number of anilines is 2. The van der Waals surface area contributed by atoms with Crippen LogP contribution in [0.25, 0.3) is 0 Å². The average molecular weight is 237 g/mol. The minimum absolute atomic E-state index is 0.0973. The van der Waals surface area contributed by atoms with E-state index < -0.39 is 5.91 Å². The Balaban J connectivity index is 3.09. The molecule has 1 amide bonds. The van der Waals surface area contributed by atoms with Gasteiger partial charge in [0, 0.05) is 18.5 Å². The molecule has 1 heterocycles. The molecule has 0 aliphatic rings. The molecule has 94 valence electrons. The highest BCUT2D eigenvalue weighted by atomic mass is 16.1. The third kappa shape index (κ3) is 3.58. The maximum absolute atomic E-state index is 10.9. The lowest BCUT2D eigenvalue weighted by molar-refractivity contribution is -0.116. The van der Waals surface area contributed by atoms with Gasteiger partial charge in [0.2, 0.25) is 5.91 Å². The molecule has 0 unspecified atom stereocenters. The predicted octanol–water partition coefficient (Wildman–Crippen LogP) is 0.278. The lowest BCUT2D eigenvalue weighted by Gasteiger charge is -2.21. The number of carbonyl (C=O) groups excluding carboxylic acids is 1. The Bertz CT molecular complexity index is 424. The van der Waals surface area contributed by atoms with Gasteiger partial charge in [0.25, 0.3) is 0 Å². The molecule has 0 saturated carbocycles. The third-order valence-corrected chi connectivity index (χ3v) is 2.19. The van der Waals surface area contributed by atoms with Gasteiger partial charge in [-0.15, -0.1) is 0 Å². The Morgan fingerprint density at radius 3 is 2.47 bits per heavy atom. The van der Waals surface area contributed by atoms with Crippen LogP contribution in [0, 0.1) is 0 Å². The van der Waals surface area contributed by atoms with Gasteiger partial charge in [-0.05, 0) is 0 Å². The topological polar surface area (TPSA) is 98.1 Å². The van der Waals surface area contributed by atoms with Crippen LogP contribution in [-0.4, -0.2) is 29.5 Å². The number of likely N-dealkylation sites (N-methyl/N-ethyl adjacent to an activating group) is 1. The van der Waals surface area contributed by atoms with Crippen LogP contribution >= 0.6 is 0 Å². The summed E-state index contributed by atoms with van der Waals surface area (Å²) in [6.07, 6.45) is 0. The van der Waals surface area contributed by atoms with Crippen LogP contribution in [0.4, 0.5) is 11.6 Å². The van der Waals surface area contributed by atoms with Crippen molar-refractivity contribution in [3.63, 3.8) is 0 Å². The van der Waals surface area contributed by atoms with Gasteiger partial charge in [0.1, 0.15) is 17.5 Å². The van der Waals surface area contributed by atoms with Gasteiger partial charge in [0.05, 0.1) is 6.54 Å². The van der Waals surface area contributed by atoms with E-state index in [1.807, 2.05) is 20.8 Å². The first-order valence-electron chi connectivity index (χ1n) is 5.34. The maximum atomic E-state index is 10.9. The number of carbonyl (C=O) groups is 1. The lowest BCUT2D eigenvalue weighted by atomic mass is 9.96. The van der Waals surface area contributed by atoms with Crippen molar-refractivity contribution in [2.24, 2.45) is 5.73 Å². The number of aromatic nitrogens is 2. The van der Waals surface area contributed by atoms with E-state index in [2.05, 4.69) is 9.97 Å². The smallest absolute Gasteiger partial charge is 0.236 e. The number of hydrogen-bond acceptors (Lipinski definition) is 5. The van der Waals surface area contributed by atoms with E-state index in [0.29, 0.717) is 17.5 Å². The highest BCUT2D eigenvalue weighted by Crippen LogP contribution is 2.22. The zero-order valence-corrected chi connectivity index (χ0v) is 10.7. The molecule has 17 heavy (non-hydrogen) atoms. The number of rotatable bonds is 3. The monoisotopic (exact) mass is 237 g/mol. The Hall–Kier alpha value is -1.85. The minimum atomic E-state index is -0.415. The highest BCUT2D eigenvalue weighted by molar-refractivity contribution is 5.79. The number of nitrogen functional groups attached to an aromatic ring is 1. The fourth-order valence-electron chi connectivity index (χ4n) is 1.30. The summed E-state index contributed by atoms with van der Waals surface area (Å²) in [7, 11) is 1.74. The van der Waals surface area contributed by atoms with Crippen LogP contribution < -0.4 is 16.4 Å². The van der Waals surface area contributed by atoms with Crippen LogP contribution in [-0.2, 0) is 10.2 Å². The summed E-state index contributed by atoms with van der Waals surface area (Å²) in [4.78, 5) is 21.1. The van der Waals surface area contributed by atoms with E-state index in [1.54, 1.807) is 18.0 Å². The molecule has 6 nitrogen and oxygen atoms in total. The van der Waals surface area contributed by atoms with Crippen LogP contribution in [0.5, 0.6) is 0 Å². The number of hydrogen-bond donors (Lipinski definition) is 2. The Kier molecular flexibility index (Phi) is 3.55. The molecule has 0 radical (unpaired) electrons. The number of primary amides is 1. The second-order valence-corrected chi connectivity index (χ2v) is 5.05. The highest BCUT2D eigenvalue weighted by Gasteiger charge is 2.19. The second kappa shape index (κ2) is 4.57. The number of nitrogens with zero attached hydrogens (tertiary/aromatic N) is 3. The van der Waals surface area contributed by atoms with Gasteiger partial charge < -0.3 is 16.4 Å². The normalized spacial score (nSPS) is 11.3. The third-order valence-electron chi connectivity index (χ3n) is 2.19. The molecule has 0 aromatic carbocycles. The van der Waals surface area contributed by atoms with Gasteiger partial charge in [-0.1, -0.05) is 20.8 Å². The molecule has 1 aromatic heterocycles. The Labute approximate surface area is 101 Å². The molecule has 0 fully saturated rings. The standard InChI is InChI=1S/C11H19N5O/c1-11(2,3)10-14-7(12)5-9(15-10)16(4)6-8(13)17/h5H,6H2,1-4H3,(H2,13,17)(H2,12,14,15). The summed E-state index contributed by atoms with van der Waals surface area (Å²) < 4.78 is 0. The van der Waals surface area contributed by atoms with Crippen LogP contribution in [0.1, 0.15) is 26.6 Å². The van der Waals surface area contributed by atoms with Gasteiger partial charge in [-0.3, -0.25) is 4.79 Å². The first kappa shape index (κ1) is 13.2. The molecule has 1 rings (SSSR count). The van der Waals surface area contributed by atoms with Crippen LogP contribution in [0.2, 0.25) is 0 Å². The van der Waals surface area contributed by atoms with Gasteiger partial charge in [-0.25, -0.2) is 9.97 Å². The summed E-state index contributed by atoms with van der Waals surface area (Å²) in [6, 6.07) is 1.62. The Morgan fingerprint density at radius 1 is 1.41 bits per heavy atom.